The van der Waals surface area contributed by atoms with E-state index in [0.29, 0.717) is 11.8 Å². The second kappa shape index (κ2) is 23.1. The van der Waals surface area contributed by atoms with Crippen molar-refractivity contribution in [2.24, 2.45) is 17.8 Å². The first-order valence-electron chi connectivity index (χ1n) is 16.2. The molecule has 12 heteroatoms. The molecule has 49 heavy (non-hydrogen) atoms. The summed E-state index contributed by atoms with van der Waals surface area (Å²) in [7, 11) is 0. The van der Waals surface area contributed by atoms with Crippen LogP contribution in [0.4, 0.5) is 0 Å². The molecule has 0 aliphatic heterocycles. The molecule has 3 aromatic heterocycles. The summed E-state index contributed by atoms with van der Waals surface area (Å²) < 4.78 is 4.05. The summed E-state index contributed by atoms with van der Waals surface area (Å²) in [6.07, 6.45) is 5.64. The number of benzene rings is 3. The number of hydrogen-bond acceptors (Lipinski definition) is 5. The van der Waals surface area contributed by atoms with E-state index >= 15 is 0 Å². The molecule has 3 N–H and O–H groups in total. The van der Waals surface area contributed by atoms with Crippen LogP contribution in [0.2, 0.25) is 0 Å². The number of aliphatic hydroxyl groups excluding tert-OH is 2. The maximum Gasteiger partial charge on any atom is 0.0967 e. The van der Waals surface area contributed by atoms with Crippen LogP contribution < -0.4 is 0 Å². The molecule has 3 heterocycles. The normalized spacial score (nSPS) is 12.4. The zero-order chi connectivity index (χ0) is 36.3. The third kappa shape index (κ3) is 14.7. The van der Waals surface area contributed by atoms with Gasteiger partial charge in [-0.1, -0.05) is 89.0 Å². The van der Waals surface area contributed by atoms with E-state index in [0.717, 1.165) is 40.2 Å². The van der Waals surface area contributed by atoms with Gasteiger partial charge in [0.05, 0.1) is 40.5 Å². The minimum absolute atomic E-state index is 0.194. The molecular formula is C37H50Br2Cl2N6O2. The minimum Gasteiger partial charge on any atom is -0.396 e. The molecule has 0 aliphatic rings. The molecule has 6 rings (SSSR count). The summed E-state index contributed by atoms with van der Waals surface area (Å²) in [5.41, 5.74) is 7.28. The highest BCUT2D eigenvalue weighted by molar-refractivity contribution is 9.09. The Labute approximate surface area is 317 Å². The third-order valence-corrected chi connectivity index (χ3v) is 9.53. The van der Waals surface area contributed by atoms with E-state index < -0.39 is 0 Å². The molecule has 3 atom stereocenters. The van der Waals surface area contributed by atoms with E-state index in [1.807, 2.05) is 37.1 Å². The van der Waals surface area contributed by atoms with Crippen LogP contribution in [0.1, 0.15) is 37.5 Å². The van der Waals surface area contributed by atoms with Crippen molar-refractivity contribution in [1.82, 2.24) is 29.8 Å². The number of halogens is 4. The molecular weight excluding hydrogens is 791 g/mol. The van der Waals surface area contributed by atoms with Gasteiger partial charge in [-0.05, 0) is 73.4 Å². The van der Waals surface area contributed by atoms with Crippen molar-refractivity contribution >= 4 is 87.8 Å². The average molecular weight is 842 g/mol. The first kappa shape index (κ1) is 42.7. The Hall–Kier alpha value is -2.47. The van der Waals surface area contributed by atoms with Crippen molar-refractivity contribution in [3.63, 3.8) is 0 Å². The Morgan fingerprint density at radius 2 is 1.08 bits per heavy atom. The van der Waals surface area contributed by atoms with Crippen LogP contribution in [0, 0.1) is 38.5 Å². The Kier molecular flexibility index (Phi) is 20.1. The van der Waals surface area contributed by atoms with Gasteiger partial charge in [0.2, 0.25) is 0 Å². The van der Waals surface area contributed by atoms with E-state index in [9.17, 15) is 0 Å². The Balaban J connectivity index is 0.000000230. The number of fused-ring (bicyclic) bond motifs is 3. The predicted molar refractivity (Wildman–Crippen MR) is 216 cm³/mol. The molecule has 0 saturated heterocycles. The van der Waals surface area contributed by atoms with Gasteiger partial charge in [0, 0.05) is 53.1 Å². The largest absolute Gasteiger partial charge is 0.396 e. The molecule has 3 aromatic carbocycles. The van der Waals surface area contributed by atoms with E-state index in [1.54, 1.807) is 0 Å². The minimum atomic E-state index is 0.194. The molecule has 0 radical (unpaired) electrons. The molecule has 0 amide bonds. The zero-order valence-corrected chi connectivity index (χ0v) is 33.9. The van der Waals surface area contributed by atoms with E-state index in [2.05, 4.69) is 139 Å². The number of rotatable bonds is 8. The van der Waals surface area contributed by atoms with E-state index in [1.165, 1.54) is 33.0 Å². The molecule has 0 saturated carbocycles. The number of aromatic amines is 1. The zero-order valence-electron chi connectivity index (χ0n) is 29.3. The van der Waals surface area contributed by atoms with Gasteiger partial charge in [0.15, 0.2) is 0 Å². The number of aromatic nitrogens is 6. The first-order chi connectivity index (χ1) is 23.5. The monoisotopic (exact) mass is 838 g/mol. The summed E-state index contributed by atoms with van der Waals surface area (Å²) in [6.45, 7) is 14.7. The molecule has 0 spiro atoms. The van der Waals surface area contributed by atoms with Crippen molar-refractivity contribution < 1.29 is 10.2 Å². The smallest absolute Gasteiger partial charge is 0.0967 e. The summed E-state index contributed by atoms with van der Waals surface area (Å²) >= 11 is 16.2. The quantitative estimate of drug-likeness (QED) is 0.133. The number of nitrogens with zero attached hydrogens (tertiary/aromatic N) is 5. The summed E-state index contributed by atoms with van der Waals surface area (Å²) in [6, 6.07) is 19.0. The topological polar surface area (TPSA) is 105 Å². The van der Waals surface area contributed by atoms with Crippen LogP contribution in [-0.2, 0) is 13.1 Å². The standard InChI is InChI=1S/C12H15BrN2.C12H16N2O.C8H8N2.C4H9BrO.CH2Cl2/c1-9-3-4-11-7-14-15(12(11)5-9)8-10(2)6-13;1-9-3-4-11-6-13-14(12(11)5-9)7-10(2)8-15;1-6-2-3-7-5-9-10-8(7)4-6;1-4(2-5)3-6;2-1-3/h3-5,7,10H,6,8H2,1-2H3;3-6,10,15H,7-8H2,1-2H3;2-5H,1H3,(H,9,10);4,6H,2-3H2,1H3;1H2/t2*10-;;4-;/m10.0./s1. The fourth-order valence-electron chi connectivity index (χ4n) is 4.45. The van der Waals surface area contributed by atoms with Crippen molar-refractivity contribution in [1.29, 1.82) is 0 Å². The lowest BCUT2D eigenvalue weighted by molar-refractivity contribution is 0.220. The first-order valence-corrected chi connectivity index (χ1v) is 19.5. The lowest BCUT2D eigenvalue weighted by atomic mass is 10.1. The molecule has 0 bridgehead atoms. The summed E-state index contributed by atoms with van der Waals surface area (Å²) in [5.74, 6) is 1.26. The van der Waals surface area contributed by atoms with Gasteiger partial charge in [-0.3, -0.25) is 14.5 Å². The van der Waals surface area contributed by atoms with Crippen LogP contribution in [0.3, 0.4) is 0 Å². The van der Waals surface area contributed by atoms with E-state index in [4.69, 9.17) is 33.4 Å². The molecule has 0 unspecified atom stereocenters. The number of alkyl halides is 4. The lowest BCUT2D eigenvalue weighted by Crippen LogP contribution is -2.11. The number of nitrogens with one attached hydrogen (secondary N) is 1. The third-order valence-electron chi connectivity index (χ3n) is 7.32. The fraction of sp³-hybridized carbons (Fsp3) is 0.432. The fourth-order valence-corrected chi connectivity index (χ4v) is 4.86. The molecule has 0 fully saturated rings. The molecule has 8 nitrogen and oxygen atoms in total. The lowest BCUT2D eigenvalue weighted by Gasteiger charge is -2.08. The maximum absolute atomic E-state index is 9.02. The van der Waals surface area contributed by atoms with Gasteiger partial charge < -0.3 is 10.2 Å². The Morgan fingerprint density at radius 3 is 1.51 bits per heavy atom. The SMILES string of the molecule is C[C@H](CO)CBr.Cc1ccc2cn[nH]c2c1.Cc1ccc2cnn(C[C@H](C)CBr)c2c1.Cc1ccc2cnn(C[C@H](C)CO)c2c1.ClCCl. The molecule has 6 aromatic rings. The molecule has 268 valence electrons. The Morgan fingerprint density at radius 1 is 0.653 bits per heavy atom. The van der Waals surface area contributed by atoms with Gasteiger partial charge in [0.25, 0.3) is 0 Å². The second-order valence-electron chi connectivity index (χ2n) is 12.3. The highest BCUT2D eigenvalue weighted by atomic mass is 79.9. The van der Waals surface area contributed by atoms with Crippen LogP contribution >= 0.6 is 55.1 Å². The molecule has 0 aliphatic carbocycles. The van der Waals surface area contributed by atoms with Gasteiger partial charge in [0.1, 0.15) is 0 Å². The number of aliphatic hydroxyl groups is 2. The van der Waals surface area contributed by atoms with Gasteiger partial charge >= 0.3 is 0 Å². The van der Waals surface area contributed by atoms with Crippen LogP contribution in [0.5, 0.6) is 0 Å². The number of hydrogen-bond donors (Lipinski definition) is 3. The van der Waals surface area contributed by atoms with Crippen molar-refractivity contribution in [2.45, 2.75) is 54.6 Å². The van der Waals surface area contributed by atoms with Crippen LogP contribution in [0.15, 0.2) is 73.2 Å². The van der Waals surface area contributed by atoms with Crippen molar-refractivity contribution in [3.05, 3.63) is 89.9 Å². The van der Waals surface area contributed by atoms with Gasteiger partial charge in [-0.15, -0.1) is 23.2 Å². The van der Waals surface area contributed by atoms with Crippen LogP contribution in [-0.4, -0.2) is 69.2 Å². The van der Waals surface area contributed by atoms with Crippen molar-refractivity contribution in [3.8, 4) is 0 Å². The maximum atomic E-state index is 9.02. The number of H-pyrrole nitrogens is 1. The average Bonchev–Trinajstić information content (AvgIpc) is 3.84. The second-order valence-corrected chi connectivity index (χ2v) is 14.4. The Bertz CT molecular complexity index is 1700. The summed E-state index contributed by atoms with van der Waals surface area (Å²) in [4.78, 5) is 0. The highest BCUT2D eigenvalue weighted by Gasteiger charge is 2.07. The highest BCUT2D eigenvalue weighted by Crippen LogP contribution is 2.18. The van der Waals surface area contributed by atoms with Gasteiger partial charge in [-0.25, -0.2) is 0 Å². The number of aryl methyl sites for hydroxylation is 3. The van der Waals surface area contributed by atoms with E-state index in [-0.39, 0.29) is 24.5 Å². The van der Waals surface area contributed by atoms with Gasteiger partial charge in [-0.2, -0.15) is 15.3 Å². The van der Waals surface area contributed by atoms with Crippen LogP contribution in [0.25, 0.3) is 32.7 Å². The van der Waals surface area contributed by atoms with Crippen molar-refractivity contribution in [2.75, 3.05) is 29.2 Å². The predicted octanol–water partition coefficient (Wildman–Crippen LogP) is 9.65. The summed E-state index contributed by atoms with van der Waals surface area (Å²) in [5, 5.41) is 38.6.